The molecule has 1 aromatic rings. The van der Waals surface area contributed by atoms with E-state index in [2.05, 4.69) is 34.2 Å². The molecule has 0 spiro atoms. The molecule has 2 nitrogen and oxygen atoms in total. The van der Waals surface area contributed by atoms with E-state index in [1.54, 1.807) is 7.11 Å². The van der Waals surface area contributed by atoms with Gasteiger partial charge in [0.25, 0.3) is 0 Å². The van der Waals surface area contributed by atoms with Gasteiger partial charge in [-0.25, -0.2) is 0 Å². The van der Waals surface area contributed by atoms with E-state index in [1.807, 2.05) is 12.1 Å². The third-order valence-corrected chi connectivity index (χ3v) is 4.97. The van der Waals surface area contributed by atoms with Gasteiger partial charge in [-0.05, 0) is 42.9 Å². The van der Waals surface area contributed by atoms with Crippen LogP contribution in [0.4, 0.5) is 0 Å². The molecule has 1 fully saturated rings. The van der Waals surface area contributed by atoms with Gasteiger partial charge in [0, 0.05) is 23.1 Å². The Morgan fingerprint density at radius 3 is 2.68 bits per heavy atom. The van der Waals surface area contributed by atoms with Gasteiger partial charge >= 0.3 is 0 Å². The van der Waals surface area contributed by atoms with Crippen LogP contribution in [0.5, 0.6) is 5.75 Å². The van der Waals surface area contributed by atoms with Crippen LogP contribution in [0.3, 0.4) is 0 Å². The zero-order valence-corrected chi connectivity index (χ0v) is 13.6. The van der Waals surface area contributed by atoms with Crippen LogP contribution in [0.15, 0.2) is 22.7 Å². The van der Waals surface area contributed by atoms with Crippen LogP contribution in [0.2, 0.25) is 0 Å². The molecule has 1 N–H and O–H groups in total. The number of ether oxygens (including phenoxy) is 1. The highest BCUT2D eigenvalue weighted by Gasteiger charge is 2.31. The van der Waals surface area contributed by atoms with Crippen molar-refractivity contribution >= 4 is 15.9 Å². The topological polar surface area (TPSA) is 21.3 Å². The number of hydrogen-bond acceptors (Lipinski definition) is 2. The second-order valence-electron chi connectivity index (χ2n) is 5.62. The molecule has 1 aliphatic carbocycles. The van der Waals surface area contributed by atoms with Crippen LogP contribution in [0.25, 0.3) is 0 Å². The largest absolute Gasteiger partial charge is 0.496 e. The molecule has 0 unspecified atom stereocenters. The zero-order valence-electron chi connectivity index (χ0n) is 12.0. The Labute approximate surface area is 125 Å². The summed E-state index contributed by atoms with van der Waals surface area (Å²) in [5, 5.41) is 3.64. The lowest BCUT2D eigenvalue weighted by atomic mass is 9.83. The summed E-state index contributed by atoms with van der Waals surface area (Å²) in [7, 11) is 1.73. The zero-order chi connectivity index (χ0) is 13.7. The second-order valence-corrected chi connectivity index (χ2v) is 6.54. The smallest absolute Gasteiger partial charge is 0.123 e. The third kappa shape index (κ3) is 3.73. The quantitative estimate of drug-likeness (QED) is 0.830. The minimum atomic E-state index is 0.541. The summed E-state index contributed by atoms with van der Waals surface area (Å²) in [4.78, 5) is 0. The van der Waals surface area contributed by atoms with Gasteiger partial charge in [0.05, 0.1) is 7.11 Å². The Kier molecular flexibility index (Phi) is 5.28. The highest BCUT2D eigenvalue weighted by Crippen LogP contribution is 2.40. The van der Waals surface area contributed by atoms with Gasteiger partial charge in [-0.3, -0.25) is 0 Å². The molecule has 0 aromatic heterocycles. The number of methoxy groups -OCH3 is 1. The van der Waals surface area contributed by atoms with Crippen molar-refractivity contribution in [2.75, 3.05) is 13.7 Å². The number of benzene rings is 1. The van der Waals surface area contributed by atoms with Crippen LogP contribution >= 0.6 is 15.9 Å². The number of rotatable bonds is 6. The third-order valence-electron chi connectivity index (χ3n) is 4.47. The van der Waals surface area contributed by atoms with Crippen molar-refractivity contribution in [2.45, 2.75) is 45.6 Å². The fourth-order valence-electron chi connectivity index (χ4n) is 3.13. The second kappa shape index (κ2) is 6.76. The maximum absolute atomic E-state index is 5.41. The van der Waals surface area contributed by atoms with Crippen molar-refractivity contribution in [3.63, 3.8) is 0 Å². The predicted octanol–water partition coefficient (Wildman–Crippen LogP) is 4.52. The number of hydrogen-bond donors (Lipinski definition) is 1. The normalized spacial score (nSPS) is 17.6. The Bertz CT molecular complexity index is 413. The molecule has 3 heteroatoms. The summed E-state index contributed by atoms with van der Waals surface area (Å²) in [5.74, 6) is 0.965. The van der Waals surface area contributed by atoms with Crippen LogP contribution in [-0.2, 0) is 6.54 Å². The lowest BCUT2D eigenvalue weighted by Gasteiger charge is -2.28. The van der Waals surface area contributed by atoms with E-state index in [0.717, 1.165) is 23.3 Å². The molecule has 1 aliphatic rings. The first kappa shape index (κ1) is 14.9. The van der Waals surface area contributed by atoms with Crippen molar-refractivity contribution in [1.29, 1.82) is 0 Å². The van der Waals surface area contributed by atoms with Gasteiger partial charge in [-0.1, -0.05) is 35.7 Å². The Morgan fingerprint density at radius 2 is 2.05 bits per heavy atom. The van der Waals surface area contributed by atoms with Crippen LogP contribution in [-0.4, -0.2) is 13.7 Å². The maximum Gasteiger partial charge on any atom is 0.123 e. The summed E-state index contributed by atoms with van der Waals surface area (Å²) < 4.78 is 6.52. The SMILES string of the molecule is CCC1(CNCc2cc(Br)ccc2OC)CCCC1. The Balaban J connectivity index is 1.93. The van der Waals surface area contributed by atoms with Crippen LogP contribution in [0.1, 0.15) is 44.6 Å². The van der Waals surface area contributed by atoms with Crippen molar-refractivity contribution in [3.8, 4) is 5.75 Å². The molecule has 0 amide bonds. The Morgan fingerprint density at radius 1 is 1.32 bits per heavy atom. The van der Waals surface area contributed by atoms with Crippen molar-refractivity contribution in [2.24, 2.45) is 5.41 Å². The van der Waals surface area contributed by atoms with Crippen molar-refractivity contribution in [1.82, 2.24) is 5.32 Å². The summed E-state index contributed by atoms with van der Waals surface area (Å²) in [5.41, 5.74) is 1.76. The Hall–Kier alpha value is -0.540. The minimum Gasteiger partial charge on any atom is -0.496 e. The van der Waals surface area contributed by atoms with Crippen LogP contribution < -0.4 is 10.1 Å². The molecule has 19 heavy (non-hydrogen) atoms. The predicted molar refractivity (Wildman–Crippen MR) is 83.6 cm³/mol. The molecule has 0 saturated heterocycles. The summed E-state index contributed by atoms with van der Waals surface area (Å²) in [6, 6.07) is 6.18. The van der Waals surface area contributed by atoms with Gasteiger partial charge in [0.2, 0.25) is 0 Å². The molecule has 0 heterocycles. The van der Waals surface area contributed by atoms with E-state index >= 15 is 0 Å². The van der Waals surface area contributed by atoms with Crippen molar-refractivity contribution in [3.05, 3.63) is 28.2 Å². The summed E-state index contributed by atoms with van der Waals surface area (Å²) >= 11 is 3.52. The first-order valence-corrected chi connectivity index (χ1v) is 8.01. The maximum atomic E-state index is 5.41. The van der Waals surface area contributed by atoms with Gasteiger partial charge < -0.3 is 10.1 Å². The van der Waals surface area contributed by atoms with Crippen molar-refractivity contribution < 1.29 is 4.74 Å². The van der Waals surface area contributed by atoms with E-state index < -0.39 is 0 Å². The van der Waals surface area contributed by atoms with Gasteiger partial charge in [0.1, 0.15) is 5.75 Å². The molecular formula is C16H24BrNO. The number of halogens is 1. The van der Waals surface area contributed by atoms with Gasteiger partial charge in [0.15, 0.2) is 0 Å². The lowest BCUT2D eigenvalue weighted by Crippen LogP contribution is -2.31. The monoisotopic (exact) mass is 325 g/mol. The highest BCUT2D eigenvalue weighted by molar-refractivity contribution is 9.10. The van der Waals surface area contributed by atoms with Gasteiger partial charge in [-0.2, -0.15) is 0 Å². The molecule has 1 aromatic carbocycles. The van der Waals surface area contributed by atoms with E-state index in [0.29, 0.717) is 5.41 Å². The average Bonchev–Trinajstić information content (AvgIpc) is 2.88. The fraction of sp³-hybridized carbons (Fsp3) is 0.625. The summed E-state index contributed by atoms with van der Waals surface area (Å²) in [6.07, 6.45) is 6.85. The molecule has 1 saturated carbocycles. The standard InChI is InChI=1S/C16H24BrNO/c1-3-16(8-4-5-9-16)12-18-11-13-10-14(17)6-7-15(13)19-2/h6-7,10,18H,3-5,8-9,11-12H2,1-2H3. The van der Waals surface area contributed by atoms with E-state index in [-0.39, 0.29) is 0 Å². The average molecular weight is 326 g/mol. The molecule has 2 rings (SSSR count). The first-order chi connectivity index (χ1) is 9.19. The first-order valence-electron chi connectivity index (χ1n) is 7.22. The van der Waals surface area contributed by atoms with Crippen LogP contribution in [0, 0.1) is 5.41 Å². The number of nitrogens with one attached hydrogen (secondary N) is 1. The fourth-order valence-corrected chi connectivity index (χ4v) is 3.54. The van der Waals surface area contributed by atoms with E-state index in [4.69, 9.17) is 4.74 Å². The minimum absolute atomic E-state index is 0.541. The highest BCUT2D eigenvalue weighted by atomic mass is 79.9. The lowest BCUT2D eigenvalue weighted by molar-refractivity contribution is 0.267. The summed E-state index contributed by atoms with van der Waals surface area (Å²) in [6.45, 7) is 4.33. The molecule has 106 valence electrons. The molecule has 0 aliphatic heterocycles. The van der Waals surface area contributed by atoms with Gasteiger partial charge in [-0.15, -0.1) is 0 Å². The molecule has 0 radical (unpaired) electrons. The molecular weight excluding hydrogens is 302 g/mol. The van der Waals surface area contributed by atoms with E-state index in [9.17, 15) is 0 Å². The van der Waals surface area contributed by atoms with E-state index in [1.165, 1.54) is 37.7 Å². The molecule has 0 atom stereocenters. The molecule has 0 bridgehead atoms.